The zero-order valence-corrected chi connectivity index (χ0v) is 11.4. The van der Waals surface area contributed by atoms with Crippen molar-refractivity contribution >= 4 is 6.09 Å². The Balaban J connectivity index is 2.42. The molecule has 0 radical (unpaired) electrons. The summed E-state index contributed by atoms with van der Waals surface area (Å²) in [4.78, 5) is 10.3. The van der Waals surface area contributed by atoms with E-state index in [9.17, 15) is 4.79 Å². The summed E-state index contributed by atoms with van der Waals surface area (Å²) in [6, 6.07) is 8.15. The van der Waals surface area contributed by atoms with Gasteiger partial charge in [-0.1, -0.05) is 37.3 Å². The standard InChI is InChI=1S/C16H21NO2/c1-2-3-4-5-8-14-9-6-10-15(13-14)11-7-12-17-16(18)19/h6,9-10,13,17H,2-4,7,11-12H2,1H3,(H,18,19). The first kappa shape index (κ1) is 15.1. The Labute approximate surface area is 115 Å². The highest BCUT2D eigenvalue weighted by atomic mass is 16.4. The van der Waals surface area contributed by atoms with Crippen molar-refractivity contribution in [2.24, 2.45) is 0 Å². The lowest BCUT2D eigenvalue weighted by molar-refractivity contribution is 0.194. The van der Waals surface area contributed by atoms with Gasteiger partial charge in [0.1, 0.15) is 0 Å². The number of carbonyl (C=O) groups is 1. The normalized spacial score (nSPS) is 9.53. The highest BCUT2D eigenvalue weighted by molar-refractivity contribution is 5.64. The monoisotopic (exact) mass is 259 g/mol. The molecule has 1 aromatic carbocycles. The van der Waals surface area contributed by atoms with Gasteiger partial charge in [0.15, 0.2) is 0 Å². The summed E-state index contributed by atoms with van der Waals surface area (Å²) in [5, 5.41) is 10.8. The Hall–Kier alpha value is -1.95. The molecule has 1 aromatic rings. The zero-order valence-electron chi connectivity index (χ0n) is 11.4. The maximum Gasteiger partial charge on any atom is 0.404 e. The molecule has 0 aliphatic rings. The van der Waals surface area contributed by atoms with Crippen LogP contribution in [0.3, 0.4) is 0 Å². The topological polar surface area (TPSA) is 49.3 Å². The molecule has 0 aliphatic carbocycles. The van der Waals surface area contributed by atoms with Crippen LogP contribution in [0.2, 0.25) is 0 Å². The Morgan fingerprint density at radius 1 is 1.37 bits per heavy atom. The van der Waals surface area contributed by atoms with Crippen LogP contribution in [0, 0.1) is 11.8 Å². The van der Waals surface area contributed by atoms with Gasteiger partial charge >= 0.3 is 6.09 Å². The van der Waals surface area contributed by atoms with Crippen LogP contribution in [0.4, 0.5) is 4.79 Å². The molecule has 3 heteroatoms. The van der Waals surface area contributed by atoms with Crippen molar-refractivity contribution in [1.82, 2.24) is 5.32 Å². The average Bonchev–Trinajstić information content (AvgIpc) is 2.40. The van der Waals surface area contributed by atoms with Gasteiger partial charge in [-0.25, -0.2) is 4.79 Å². The van der Waals surface area contributed by atoms with E-state index < -0.39 is 6.09 Å². The van der Waals surface area contributed by atoms with E-state index in [0.717, 1.165) is 31.2 Å². The predicted octanol–water partition coefficient (Wildman–Crippen LogP) is 3.43. The van der Waals surface area contributed by atoms with Gasteiger partial charge in [-0.05, 0) is 37.0 Å². The number of rotatable bonds is 6. The fourth-order valence-electron chi connectivity index (χ4n) is 1.72. The number of nitrogens with one attached hydrogen (secondary N) is 1. The maximum absolute atomic E-state index is 10.3. The number of amides is 1. The smallest absolute Gasteiger partial charge is 0.404 e. The van der Waals surface area contributed by atoms with Crippen LogP contribution in [0.25, 0.3) is 0 Å². The second-order valence-electron chi connectivity index (χ2n) is 4.44. The van der Waals surface area contributed by atoms with Gasteiger partial charge in [0.25, 0.3) is 0 Å². The number of carboxylic acid groups (broad SMARTS) is 1. The molecule has 0 aromatic heterocycles. The molecule has 0 unspecified atom stereocenters. The minimum absolute atomic E-state index is 0.488. The molecule has 1 amide bonds. The second kappa shape index (κ2) is 9.04. The number of hydrogen-bond donors (Lipinski definition) is 2. The number of unbranched alkanes of at least 4 members (excludes halogenated alkanes) is 2. The van der Waals surface area contributed by atoms with Crippen LogP contribution in [0.15, 0.2) is 24.3 Å². The third-order valence-corrected chi connectivity index (χ3v) is 2.73. The fourth-order valence-corrected chi connectivity index (χ4v) is 1.72. The molecule has 0 saturated carbocycles. The summed E-state index contributed by atoms with van der Waals surface area (Å²) in [6.45, 7) is 2.65. The third-order valence-electron chi connectivity index (χ3n) is 2.73. The molecule has 102 valence electrons. The molecule has 0 bridgehead atoms. The molecule has 0 fully saturated rings. The molecule has 0 atom stereocenters. The van der Waals surface area contributed by atoms with E-state index in [1.54, 1.807) is 0 Å². The van der Waals surface area contributed by atoms with Gasteiger partial charge in [-0.2, -0.15) is 0 Å². The van der Waals surface area contributed by atoms with E-state index in [-0.39, 0.29) is 0 Å². The van der Waals surface area contributed by atoms with Gasteiger partial charge < -0.3 is 10.4 Å². The van der Waals surface area contributed by atoms with E-state index in [0.29, 0.717) is 6.54 Å². The lowest BCUT2D eigenvalue weighted by Crippen LogP contribution is -2.22. The first-order chi connectivity index (χ1) is 9.22. The Morgan fingerprint density at radius 2 is 2.21 bits per heavy atom. The Kier molecular flexibility index (Phi) is 7.19. The van der Waals surface area contributed by atoms with E-state index in [4.69, 9.17) is 5.11 Å². The van der Waals surface area contributed by atoms with Gasteiger partial charge in [0.2, 0.25) is 0 Å². The fraction of sp³-hybridized carbons (Fsp3) is 0.438. The third kappa shape index (κ3) is 7.15. The first-order valence-electron chi connectivity index (χ1n) is 6.77. The highest BCUT2D eigenvalue weighted by Gasteiger charge is 1.96. The summed E-state index contributed by atoms with van der Waals surface area (Å²) in [5.74, 6) is 6.34. The van der Waals surface area contributed by atoms with E-state index >= 15 is 0 Å². The Morgan fingerprint density at radius 3 is 2.95 bits per heavy atom. The largest absolute Gasteiger partial charge is 0.465 e. The quantitative estimate of drug-likeness (QED) is 0.607. The molecule has 0 aliphatic heterocycles. The second-order valence-corrected chi connectivity index (χ2v) is 4.44. The van der Waals surface area contributed by atoms with E-state index in [2.05, 4.69) is 36.2 Å². The highest BCUT2D eigenvalue weighted by Crippen LogP contribution is 2.06. The summed E-state index contributed by atoms with van der Waals surface area (Å²) in [5.41, 5.74) is 2.24. The van der Waals surface area contributed by atoms with Crippen molar-refractivity contribution in [2.75, 3.05) is 6.54 Å². The lowest BCUT2D eigenvalue weighted by Gasteiger charge is -2.02. The predicted molar refractivity (Wildman–Crippen MR) is 77.2 cm³/mol. The maximum atomic E-state index is 10.3. The summed E-state index contributed by atoms with van der Waals surface area (Å²) in [7, 11) is 0. The van der Waals surface area contributed by atoms with Crippen molar-refractivity contribution in [2.45, 2.75) is 39.0 Å². The number of aryl methyl sites for hydroxylation is 1. The minimum atomic E-state index is -0.962. The summed E-state index contributed by atoms with van der Waals surface area (Å²) in [6.07, 6.45) is 3.97. The van der Waals surface area contributed by atoms with Crippen LogP contribution >= 0.6 is 0 Å². The van der Waals surface area contributed by atoms with Gasteiger partial charge in [0.05, 0.1) is 0 Å². The molecular formula is C16H21NO2. The first-order valence-corrected chi connectivity index (χ1v) is 6.77. The van der Waals surface area contributed by atoms with Crippen molar-refractivity contribution in [3.8, 4) is 11.8 Å². The zero-order chi connectivity index (χ0) is 13.9. The molecule has 0 heterocycles. The number of hydrogen-bond acceptors (Lipinski definition) is 1. The van der Waals surface area contributed by atoms with Gasteiger partial charge in [-0.3, -0.25) is 0 Å². The summed E-state index contributed by atoms with van der Waals surface area (Å²) < 4.78 is 0. The number of benzene rings is 1. The van der Waals surface area contributed by atoms with Crippen LogP contribution < -0.4 is 5.32 Å². The molecule has 0 saturated heterocycles. The van der Waals surface area contributed by atoms with Crippen LogP contribution in [0.5, 0.6) is 0 Å². The molecule has 0 spiro atoms. The van der Waals surface area contributed by atoms with Crippen molar-refractivity contribution < 1.29 is 9.90 Å². The van der Waals surface area contributed by atoms with Gasteiger partial charge in [0, 0.05) is 18.5 Å². The van der Waals surface area contributed by atoms with Crippen LogP contribution in [-0.2, 0) is 6.42 Å². The minimum Gasteiger partial charge on any atom is -0.465 e. The van der Waals surface area contributed by atoms with Gasteiger partial charge in [-0.15, -0.1) is 0 Å². The SMILES string of the molecule is CCCCC#Cc1cccc(CCCNC(=O)O)c1. The molecule has 3 nitrogen and oxygen atoms in total. The average molecular weight is 259 g/mol. The molecule has 1 rings (SSSR count). The van der Waals surface area contributed by atoms with E-state index in [1.807, 2.05) is 12.1 Å². The lowest BCUT2D eigenvalue weighted by atomic mass is 10.1. The van der Waals surface area contributed by atoms with Crippen LogP contribution in [-0.4, -0.2) is 17.7 Å². The molecule has 2 N–H and O–H groups in total. The summed E-state index contributed by atoms with van der Waals surface area (Å²) >= 11 is 0. The Bertz CT molecular complexity index is 457. The van der Waals surface area contributed by atoms with Crippen molar-refractivity contribution in [1.29, 1.82) is 0 Å². The molecule has 19 heavy (non-hydrogen) atoms. The molecular weight excluding hydrogens is 238 g/mol. The van der Waals surface area contributed by atoms with Crippen molar-refractivity contribution in [3.63, 3.8) is 0 Å². The van der Waals surface area contributed by atoms with Crippen molar-refractivity contribution in [3.05, 3.63) is 35.4 Å². The van der Waals surface area contributed by atoms with Crippen LogP contribution in [0.1, 0.15) is 43.7 Å². The van der Waals surface area contributed by atoms with E-state index in [1.165, 1.54) is 12.0 Å².